The molecule has 0 saturated heterocycles. The molecule has 0 bridgehead atoms. The summed E-state index contributed by atoms with van der Waals surface area (Å²) in [5.41, 5.74) is 1.79. The quantitative estimate of drug-likeness (QED) is 0.604. The van der Waals surface area contributed by atoms with Crippen molar-refractivity contribution < 1.29 is 4.74 Å². The third-order valence-electron chi connectivity index (χ3n) is 2.22. The minimum Gasteiger partial charge on any atom is -0.483 e. The van der Waals surface area contributed by atoms with E-state index in [1.807, 2.05) is 13.0 Å². The van der Waals surface area contributed by atoms with Gasteiger partial charge in [0.05, 0.1) is 23.5 Å². The van der Waals surface area contributed by atoms with Crippen molar-refractivity contribution in [1.82, 2.24) is 14.8 Å². The summed E-state index contributed by atoms with van der Waals surface area (Å²) >= 11 is 0. The molecule has 0 N–H and O–H groups in total. The lowest BCUT2D eigenvalue weighted by Crippen LogP contribution is -1.95. The number of nitriles is 1. The molecular weight excluding hydrogens is 230 g/mol. The fourth-order valence-corrected chi connectivity index (χ4v) is 1.38. The maximum absolute atomic E-state index is 9.09. The number of aromatic nitrogens is 3. The molecule has 0 aliphatic carbocycles. The Morgan fingerprint density at radius 1 is 1.56 bits per heavy atom. The second-order valence-electron chi connectivity index (χ2n) is 3.34. The van der Waals surface area contributed by atoms with E-state index in [2.05, 4.69) is 21.1 Å². The molecule has 0 fully saturated rings. The Bertz CT molecular complexity index is 583. The molecule has 0 unspecified atom stereocenters. The Balaban J connectivity index is 2.32. The van der Waals surface area contributed by atoms with Crippen molar-refractivity contribution in [3.05, 3.63) is 36.4 Å². The molecule has 2 aromatic rings. The predicted molar refractivity (Wildman–Crippen MR) is 65.9 cm³/mol. The van der Waals surface area contributed by atoms with Crippen LogP contribution in [0.5, 0.6) is 0 Å². The highest BCUT2D eigenvalue weighted by atomic mass is 16.5. The van der Waals surface area contributed by atoms with Crippen LogP contribution in [0, 0.1) is 11.3 Å². The number of hydrogen-bond acceptors (Lipinski definition) is 5. The lowest BCUT2D eigenvalue weighted by Gasteiger charge is -2.03. The van der Waals surface area contributed by atoms with E-state index in [4.69, 9.17) is 10.00 Å². The average Bonchev–Trinajstić information content (AvgIpc) is 2.93. The van der Waals surface area contributed by atoms with Crippen molar-refractivity contribution >= 4 is 12.1 Å². The Kier molecular flexibility index (Phi) is 3.66. The highest BCUT2D eigenvalue weighted by Gasteiger charge is 2.04. The van der Waals surface area contributed by atoms with Crippen molar-refractivity contribution in [3.8, 4) is 11.8 Å². The van der Waals surface area contributed by atoms with Gasteiger partial charge in [0, 0.05) is 0 Å². The van der Waals surface area contributed by atoms with Crippen LogP contribution in [0.3, 0.4) is 0 Å². The molecule has 1 aromatic heterocycles. The molecule has 1 heterocycles. The van der Waals surface area contributed by atoms with Crippen LogP contribution in [0.1, 0.15) is 12.5 Å². The average molecular weight is 241 g/mol. The summed E-state index contributed by atoms with van der Waals surface area (Å²) in [7, 11) is 0. The zero-order valence-corrected chi connectivity index (χ0v) is 9.82. The number of hydrogen-bond donors (Lipinski definition) is 0. The highest BCUT2D eigenvalue weighted by Crippen LogP contribution is 2.21. The summed E-state index contributed by atoms with van der Waals surface area (Å²) in [6.07, 6.45) is 4.35. The highest BCUT2D eigenvalue weighted by molar-refractivity contribution is 5.63. The van der Waals surface area contributed by atoms with Gasteiger partial charge < -0.3 is 4.74 Å². The van der Waals surface area contributed by atoms with Crippen LogP contribution in [0.2, 0.25) is 0 Å². The van der Waals surface area contributed by atoms with Gasteiger partial charge in [-0.25, -0.2) is 14.7 Å². The second-order valence-corrected chi connectivity index (χ2v) is 3.34. The smallest absolute Gasteiger partial charge is 0.174 e. The van der Waals surface area contributed by atoms with Crippen molar-refractivity contribution in [1.29, 1.82) is 5.26 Å². The summed E-state index contributed by atoms with van der Waals surface area (Å²) in [4.78, 5) is 7.93. The molecule has 6 heteroatoms. The van der Waals surface area contributed by atoms with Crippen LogP contribution in [-0.2, 0) is 4.74 Å². The van der Waals surface area contributed by atoms with E-state index < -0.39 is 0 Å². The summed E-state index contributed by atoms with van der Waals surface area (Å²) < 4.78 is 6.59. The Morgan fingerprint density at radius 3 is 3.11 bits per heavy atom. The number of ether oxygens (including phenoxy) is 1. The lowest BCUT2D eigenvalue weighted by atomic mass is 10.2. The standard InChI is InChI=1S/C12H11N5O/c1-2-18-9-15-12-4-3-11(5-10(12)6-13)17-8-14-7-16-17/h3-5,7-9H,2H2,1H3/b15-9+. The topological polar surface area (TPSA) is 76.1 Å². The third kappa shape index (κ3) is 2.52. The van der Waals surface area contributed by atoms with Crippen LogP contribution in [0.25, 0.3) is 5.69 Å². The summed E-state index contributed by atoms with van der Waals surface area (Å²) in [5, 5.41) is 13.1. The first-order chi connectivity index (χ1) is 8.85. The van der Waals surface area contributed by atoms with Crippen LogP contribution in [-0.4, -0.2) is 27.8 Å². The number of benzene rings is 1. The van der Waals surface area contributed by atoms with Crippen LogP contribution >= 0.6 is 0 Å². The van der Waals surface area contributed by atoms with Gasteiger partial charge in [0.15, 0.2) is 6.40 Å². The van der Waals surface area contributed by atoms with E-state index >= 15 is 0 Å². The molecule has 0 saturated carbocycles. The van der Waals surface area contributed by atoms with Crippen molar-refractivity contribution in [2.75, 3.05) is 6.61 Å². The molecule has 2 rings (SSSR count). The van der Waals surface area contributed by atoms with Gasteiger partial charge in [-0.3, -0.25) is 0 Å². The molecule has 6 nitrogen and oxygen atoms in total. The molecule has 0 spiro atoms. The summed E-state index contributed by atoms with van der Waals surface area (Å²) in [5.74, 6) is 0. The van der Waals surface area contributed by atoms with Gasteiger partial charge >= 0.3 is 0 Å². The van der Waals surface area contributed by atoms with E-state index in [0.717, 1.165) is 5.69 Å². The summed E-state index contributed by atoms with van der Waals surface area (Å²) in [6, 6.07) is 7.35. The Hall–Kier alpha value is -2.68. The fourth-order valence-electron chi connectivity index (χ4n) is 1.38. The van der Waals surface area contributed by atoms with Gasteiger partial charge in [0.1, 0.15) is 18.7 Å². The van der Waals surface area contributed by atoms with Crippen molar-refractivity contribution in [2.24, 2.45) is 4.99 Å². The third-order valence-corrected chi connectivity index (χ3v) is 2.22. The zero-order chi connectivity index (χ0) is 12.8. The maximum atomic E-state index is 9.09. The predicted octanol–water partition coefficient (Wildman–Crippen LogP) is 1.84. The molecular formula is C12H11N5O. The fraction of sp³-hybridized carbons (Fsp3) is 0.167. The van der Waals surface area contributed by atoms with Gasteiger partial charge in [-0.05, 0) is 25.1 Å². The van der Waals surface area contributed by atoms with Crippen LogP contribution < -0.4 is 0 Å². The minimum absolute atomic E-state index is 0.457. The molecule has 0 atom stereocenters. The van der Waals surface area contributed by atoms with Crippen LogP contribution in [0.4, 0.5) is 5.69 Å². The number of nitrogens with zero attached hydrogens (tertiary/aromatic N) is 5. The van der Waals surface area contributed by atoms with E-state index in [0.29, 0.717) is 17.9 Å². The van der Waals surface area contributed by atoms with E-state index in [1.54, 1.807) is 23.1 Å². The van der Waals surface area contributed by atoms with Crippen molar-refractivity contribution in [2.45, 2.75) is 6.92 Å². The van der Waals surface area contributed by atoms with E-state index in [-0.39, 0.29) is 0 Å². The van der Waals surface area contributed by atoms with Gasteiger partial charge in [-0.1, -0.05) is 0 Å². The number of rotatable bonds is 4. The zero-order valence-electron chi connectivity index (χ0n) is 9.82. The van der Waals surface area contributed by atoms with Crippen molar-refractivity contribution in [3.63, 3.8) is 0 Å². The molecule has 0 aliphatic heterocycles. The second kappa shape index (κ2) is 5.59. The first-order valence-electron chi connectivity index (χ1n) is 5.38. The number of aliphatic imine (C=N–C) groups is 1. The SMILES string of the molecule is CCO/C=N/c1ccc(-n2cncn2)cc1C#N. The van der Waals surface area contributed by atoms with E-state index in [9.17, 15) is 0 Å². The van der Waals surface area contributed by atoms with Gasteiger partial charge in [-0.2, -0.15) is 10.4 Å². The summed E-state index contributed by atoms with van der Waals surface area (Å²) in [6.45, 7) is 2.41. The normalized spacial score (nSPS) is 10.4. The first kappa shape index (κ1) is 11.8. The molecule has 1 aromatic carbocycles. The van der Waals surface area contributed by atoms with Gasteiger partial charge in [-0.15, -0.1) is 0 Å². The Labute approximate surface area is 104 Å². The van der Waals surface area contributed by atoms with Gasteiger partial charge in [0.2, 0.25) is 0 Å². The molecule has 0 aliphatic rings. The molecule has 90 valence electrons. The molecule has 18 heavy (non-hydrogen) atoms. The lowest BCUT2D eigenvalue weighted by molar-refractivity contribution is 0.344. The first-order valence-corrected chi connectivity index (χ1v) is 5.38. The maximum Gasteiger partial charge on any atom is 0.174 e. The van der Waals surface area contributed by atoms with Gasteiger partial charge in [0.25, 0.3) is 0 Å². The molecule has 0 amide bonds. The van der Waals surface area contributed by atoms with Crippen LogP contribution in [0.15, 0.2) is 35.8 Å². The molecule has 0 radical (unpaired) electrons. The largest absolute Gasteiger partial charge is 0.483 e. The Morgan fingerprint density at radius 2 is 2.44 bits per heavy atom. The minimum atomic E-state index is 0.457. The van der Waals surface area contributed by atoms with E-state index in [1.165, 1.54) is 12.7 Å². The monoisotopic (exact) mass is 241 g/mol.